The number of ether oxygens (including phenoxy) is 1. The second-order valence-corrected chi connectivity index (χ2v) is 22.9. The summed E-state index contributed by atoms with van der Waals surface area (Å²) in [5.41, 5.74) is -4.01. The van der Waals surface area contributed by atoms with Gasteiger partial charge in [0.15, 0.2) is 40.7 Å². The van der Waals surface area contributed by atoms with Gasteiger partial charge in [0.05, 0.1) is 32.4 Å². The Bertz CT molecular complexity index is 3280. The van der Waals surface area contributed by atoms with Crippen LogP contribution >= 0.6 is 58.8 Å². The van der Waals surface area contributed by atoms with Crippen molar-refractivity contribution in [2.75, 3.05) is 12.9 Å². The third-order valence-electron chi connectivity index (χ3n) is 9.67. The predicted molar refractivity (Wildman–Crippen MR) is 251 cm³/mol. The normalized spacial score (nSPS) is 11.7. The number of hydrogen-bond acceptors (Lipinski definition) is 10. The molecule has 0 atom stereocenters. The summed E-state index contributed by atoms with van der Waals surface area (Å²) in [6, 6.07) is 29.8. The molecule has 0 fully saturated rings. The summed E-state index contributed by atoms with van der Waals surface area (Å²) in [7, 11) is -9.01. The third kappa shape index (κ3) is 11.6. The van der Waals surface area contributed by atoms with Gasteiger partial charge in [-0.1, -0.05) is 47.0 Å². The first kappa shape index (κ1) is 51.8. The predicted octanol–water partition coefficient (Wildman–Crippen LogP) is 14.7. The molecule has 7 aromatic carbocycles. The minimum atomic E-state index is -4.80. The van der Waals surface area contributed by atoms with Gasteiger partial charge in [0, 0.05) is 45.6 Å². The zero-order valence-corrected chi connectivity index (χ0v) is 40.8. The van der Waals surface area contributed by atoms with Gasteiger partial charge in [0.2, 0.25) is 21.5 Å². The zero-order chi connectivity index (χ0) is 49.8. The van der Waals surface area contributed by atoms with E-state index in [4.69, 9.17) is 11.2 Å². The van der Waals surface area contributed by atoms with Crippen LogP contribution in [0.1, 0.15) is 12.8 Å². The Morgan fingerprint density at radius 3 is 1.35 bits per heavy atom. The van der Waals surface area contributed by atoms with Crippen LogP contribution in [0.15, 0.2) is 174 Å². The lowest BCUT2D eigenvalue weighted by Crippen LogP contribution is -2.10. The van der Waals surface area contributed by atoms with E-state index in [2.05, 4.69) is 5.92 Å². The molecule has 0 aromatic heterocycles. The number of unbranched alkanes of at least 4 members (excludes halogenated alkanes) is 1. The van der Waals surface area contributed by atoms with Crippen LogP contribution in [0.2, 0.25) is 0 Å². The molecule has 0 aliphatic carbocycles. The lowest BCUT2D eigenvalue weighted by molar-refractivity contribution is 0.269. The molecule has 1 N–H and O–H groups in total. The molecule has 0 unspecified atom stereocenters. The summed E-state index contributed by atoms with van der Waals surface area (Å²) in [5, 5.41) is 0. The highest BCUT2D eigenvalue weighted by atomic mass is 32.2. The molecule has 21 heteroatoms. The summed E-state index contributed by atoms with van der Waals surface area (Å²) in [6.07, 6.45) is 7.11. The molecule has 7 rings (SSSR count). The van der Waals surface area contributed by atoms with Gasteiger partial charge in [-0.15, -0.1) is 24.1 Å². The number of benzene rings is 7. The van der Waals surface area contributed by atoms with Gasteiger partial charge in [-0.05, 0) is 128 Å². The molecular weight excluding hydrogens is 1050 g/mol. The molecule has 0 radical (unpaired) electrons. The van der Waals surface area contributed by atoms with E-state index in [1.807, 2.05) is 18.4 Å². The molecule has 0 amide bonds. The quantitative estimate of drug-likeness (QED) is 0.0236. The maximum absolute atomic E-state index is 15.3. The fourth-order valence-electron chi connectivity index (χ4n) is 6.30. The average molecular weight is 1080 g/mol. The van der Waals surface area contributed by atoms with Gasteiger partial charge in [-0.25, -0.2) is 34.8 Å². The molecule has 69 heavy (non-hydrogen) atoms. The molecule has 0 aliphatic rings. The van der Waals surface area contributed by atoms with Crippen LogP contribution in [-0.4, -0.2) is 34.3 Å². The molecular formula is C48H30F8O6S7. The van der Waals surface area contributed by atoms with Crippen molar-refractivity contribution in [1.29, 1.82) is 0 Å². The van der Waals surface area contributed by atoms with E-state index in [1.54, 1.807) is 60.7 Å². The van der Waals surface area contributed by atoms with Gasteiger partial charge in [-0.2, -0.15) is 17.2 Å². The Morgan fingerprint density at radius 2 is 0.913 bits per heavy atom. The molecule has 0 spiro atoms. The SMILES string of the molecule is C#CCCCOc1c(F)c(F)c(-c2c(F)c(F)c(Sc3ccc(Sc4ccc(Sc5ccc(S(=O)(=O)c6ccc(Sc7ccc(SC)cc7)c(S(=O)(=O)O)c6)cc5)cc4)cc3)c(F)c2F)c(F)c1F. The minimum Gasteiger partial charge on any atom is -0.487 e. The number of terminal acetylenes is 1. The van der Waals surface area contributed by atoms with Crippen LogP contribution in [0.25, 0.3) is 11.1 Å². The van der Waals surface area contributed by atoms with Crippen molar-refractivity contribution >= 4 is 78.8 Å². The summed E-state index contributed by atoms with van der Waals surface area (Å²) < 4.78 is 187. The van der Waals surface area contributed by atoms with Crippen molar-refractivity contribution in [3.8, 4) is 29.2 Å². The van der Waals surface area contributed by atoms with Crippen molar-refractivity contribution in [3.05, 3.63) is 162 Å². The highest BCUT2D eigenvalue weighted by Gasteiger charge is 2.35. The molecule has 6 nitrogen and oxygen atoms in total. The molecule has 0 saturated carbocycles. The largest absolute Gasteiger partial charge is 0.487 e. The fourth-order valence-corrected chi connectivity index (χ4v) is 12.4. The maximum Gasteiger partial charge on any atom is 0.295 e. The third-order valence-corrected chi connectivity index (χ3v) is 17.4. The Labute approximate surface area is 412 Å². The monoisotopic (exact) mass is 1080 g/mol. The van der Waals surface area contributed by atoms with Crippen molar-refractivity contribution in [3.63, 3.8) is 0 Å². The van der Waals surface area contributed by atoms with Crippen molar-refractivity contribution in [2.24, 2.45) is 0 Å². The van der Waals surface area contributed by atoms with E-state index in [9.17, 15) is 30.2 Å². The van der Waals surface area contributed by atoms with Crippen molar-refractivity contribution < 1.29 is 61.2 Å². The first-order chi connectivity index (χ1) is 32.8. The Balaban J connectivity index is 0.996. The summed E-state index contributed by atoms with van der Waals surface area (Å²) in [4.78, 5) is 2.58. The van der Waals surface area contributed by atoms with Crippen molar-refractivity contribution in [1.82, 2.24) is 0 Å². The van der Waals surface area contributed by atoms with Crippen LogP contribution in [0.4, 0.5) is 35.1 Å². The lowest BCUT2D eigenvalue weighted by Gasteiger charge is -2.16. The van der Waals surface area contributed by atoms with Crippen LogP contribution in [-0.2, 0) is 20.0 Å². The van der Waals surface area contributed by atoms with Gasteiger partial charge < -0.3 is 4.74 Å². The Morgan fingerprint density at radius 1 is 0.522 bits per heavy atom. The number of hydrogen-bond donors (Lipinski definition) is 1. The van der Waals surface area contributed by atoms with Crippen LogP contribution in [0.5, 0.6) is 5.75 Å². The van der Waals surface area contributed by atoms with Crippen LogP contribution < -0.4 is 4.74 Å². The lowest BCUT2D eigenvalue weighted by atomic mass is 10.0. The highest BCUT2D eigenvalue weighted by Crippen LogP contribution is 2.44. The average Bonchev–Trinajstić information content (AvgIpc) is 3.33. The fraction of sp³-hybridized carbons (Fsp3) is 0.0833. The summed E-state index contributed by atoms with van der Waals surface area (Å²) in [5.74, 6) is -17.1. The zero-order valence-electron chi connectivity index (χ0n) is 35.0. The van der Waals surface area contributed by atoms with Gasteiger partial charge in [-0.3, -0.25) is 4.55 Å². The Hall–Kier alpha value is -5.05. The Kier molecular flexibility index (Phi) is 16.5. The maximum atomic E-state index is 15.3. The van der Waals surface area contributed by atoms with E-state index in [0.29, 0.717) is 14.7 Å². The number of sulfone groups is 1. The second-order valence-electron chi connectivity index (χ2n) is 14.2. The van der Waals surface area contributed by atoms with Gasteiger partial charge in [0.25, 0.3) is 10.1 Å². The molecule has 7 aromatic rings. The number of thioether (sulfide) groups is 1. The minimum absolute atomic E-state index is 0.0404. The van der Waals surface area contributed by atoms with Crippen molar-refractivity contribution in [2.45, 2.75) is 71.6 Å². The number of halogens is 8. The summed E-state index contributed by atoms with van der Waals surface area (Å²) >= 11 is 5.45. The smallest absolute Gasteiger partial charge is 0.295 e. The first-order valence-corrected chi connectivity index (χ1v) is 27.0. The standard InChI is InChI=1S/C48H30F8O6S7/c1-3-4-5-24-62-47-43(53)39(49)37(40(50)44(47)54)38-41(51)45(55)48(46(56)42(38)52)67-32-16-14-29(15-17-32)64-27-10-12-28(13-11-27)65-30-18-20-33(21-19-30)68(57,58)34-22-23-35(36(25-34)69(59,60)61)66-31-8-6-26(63-2)7-9-31/h1,6-23,25H,4-5,24H2,2H3,(H,59,60,61). The second kappa shape index (κ2) is 21.9. The van der Waals surface area contributed by atoms with E-state index in [-0.39, 0.29) is 44.2 Å². The molecule has 0 heterocycles. The summed E-state index contributed by atoms with van der Waals surface area (Å²) in [6.45, 7) is -0.470. The topological polar surface area (TPSA) is 97.7 Å². The van der Waals surface area contributed by atoms with Gasteiger partial charge in [0.1, 0.15) is 4.90 Å². The van der Waals surface area contributed by atoms with E-state index in [0.717, 1.165) is 32.5 Å². The molecule has 0 saturated heterocycles. The number of rotatable bonds is 17. The van der Waals surface area contributed by atoms with E-state index >= 15 is 26.3 Å². The molecule has 0 bridgehead atoms. The van der Waals surface area contributed by atoms with Crippen LogP contribution in [0, 0.1) is 58.9 Å². The molecule has 356 valence electrons. The first-order valence-electron chi connectivity index (χ1n) is 19.6. The van der Waals surface area contributed by atoms with Crippen LogP contribution in [0.3, 0.4) is 0 Å². The van der Waals surface area contributed by atoms with E-state index in [1.165, 1.54) is 71.7 Å². The molecule has 0 aliphatic heterocycles. The van der Waals surface area contributed by atoms with E-state index < -0.39 is 99.8 Å². The van der Waals surface area contributed by atoms with Gasteiger partial charge >= 0.3 is 0 Å². The highest BCUT2D eigenvalue weighted by molar-refractivity contribution is 8.00.